The van der Waals surface area contributed by atoms with Crippen molar-refractivity contribution in [2.45, 2.75) is 6.61 Å². The van der Waals surface area contributed by atoms with Crippen LogP contribution in [0.15, 0.2) is 18.2 Å². The Kier molecular flexibility index (Phi) is 1.96. The third-order valence-corrected chi connectivity index (χ3v) is 1.89. The highest BCUT2D eigenvalue weighted by molar-refractivity contribution is 5.51. The molecule has 64 valence electrons. The lowest BCUT2D eigenvalue weighted by Gasteiger charge is -2.04. The molecule has 3 heteroatoms. The zero-order valence-electron chi connectivity index (χ0n) is 6.64. The molecule has 0 bridgehead atoms. The molecule has 1 aromatic rings. The predicted molar refractivity (Wildman–Crippen MR) is 44.5 cm³/mol. The second-order valence-electron chi connectivity index (χ2n) is 2.78. The lowest BCUT2D eigenvalue weighted by molar-refractivity contribution is 0.134. The lowest BCUT2D eigenvalue weighted by atomic mass is 10.2. The Hall–Kier alpha value is -1.09. The first-order valence-electron chi connectivity index (χ1n) is 3.96. The third kappa shape index (κ3) is 1.41. The number of hydrogen-bond acceptors (Lipinski definition) is 2. The highest BCUT2D eigenvalue weighted by atomic mass is 19.1. The maximum atomic E-state index is 12.7. The third-order valence-electron chi connectivity index (χ3n) is 1.89. The molecule has 0 radical (unpaired) electrons. The Bertz CT molecular complexity index is 288. The van der Waals surface area contributed by atoms with Gasteiger partial charge in [-0.05, 0) is 18.2 Å². The average molecular weight is 167 g/mol. The number of halogens is 1. The first-order valence-corrected chi connectivity index (χ1v) is 3.96. The molecule has 0 saturated carbocycles. The summed E-state index contributed by atoms with van der Waals surface area (Å²) in [6.07, 6.45) is 0. The van der Waals surface area contributed by atoms with E-state index in [9.17, 15) is 4.39 Å². The van der Waals surface area contributed by atoms with E-state index >= 15 is 0 Å². The molecule has 1 aromatic carbocycles. The summed E-state index contributed by atoms with van der Waals surface area (Å²) in [5.74, 6) is -0.207. The van der Waals surface area contributed by atoms with Crippen molar-refractivity contribution >= 4 is 5.69 Å². The van der Waals surface area contributed by atoms with Crippen LogP contribution in [-0.2, 0) is 11.3 Å². The molecule has 0 amide bonds. The average Bonchev–Trinajstić information content (AvgIpc) is 2.28. The van der Waals surface area contributed by atoms with Gasteiger partial charge in [-0.2, -0.15) is 0 Å². The van der Waals surface area contributed by atoms with Crippen molar-refractivity contribution in [3.8, 4) is 0 Å². The van der Waals surface area contributed by atoms with E-state index in [4.69, 9.17) is 4.74 Å². The van der Waals surface area contributed by atoms with Gasteiger partial charge in [-0.15, -0.1) is 0 Å². The Morgan fingerprint density at radius 1 is 1.42 bits per heavy atom. The van der Waals surface area contributed by atoms with Crippen LogP contribution in [0.4, 0.5) is 10.1 Å². The van der Waals surface area contributed by atoms with Crippen LogP contribution in [0.3, 0.4) is 0 Å². The summed E-state index contributed by atoms with van der Waals surface area (Å²) in [7, 11) is 0. The molecule has 1 aliphatic heterocycles. The van der Waals surface area contributed by atoms with Crippen molar-refractivity contribution < 1.29 is 9.13 Å². The topological polar surface area (TPSA) is 21.3 Å². The minimum Gasteiger partial charge on any atom is -0.382 e. The van der Waals surface area contributed by atoms with Crippen molar-refractivity contribution in [3.05, 3.63) is 29.6 Å². The molecule has 12 heavy (non-hydrogen) atoms. The molecule has 0 aliphatic carbocycles. The Morgan fingerprint density at radius 3 is 3.25 bits per heavy atom. The van der Waals surface area contributed by atoms with E-state index in [1.165, 1.54) is 12.1 Å². The quantitative estimate of drug-likeness (QED) is 0.635. The molecule has 0 fully saturated rings. The zero-order valence-corrected chi connectivity index (χ0v) is 6.64. The fourth-order valence-electron chi connectivity index (χ4n) is 1.29. The number of anilines is 1. The monoisotopic (exact) mass is 167 g/mol. The molecule has 0 aromatic heterocycles. The van der Waals surface area contributed by atoms with Gasteiger partial charge in [0.15, 0.2) is 0 Å². The van der Waals surface area contributed by atoms with Gasteiger partial charge < -0.3 is 10.1 Å². The summed E-state index contributed by atoms with van der Waals surface area (Å²) in [6, 6.07) is 4.71. The zero-order chi connectivity index (χ0) is 8.39. The molecule has 2 rings (SSSR count). The van der Waals surface area contributed by atoms with Crippen LogP contribution in [0.1, 0.15) is 5.56 Å². The number of ether oxygens (including phenoxy) is 1. The van der Waals surface area contributed by atoms with Crippen LogP contribution >= 0.6 is 0 Å². The Labute approximate surface area is 70.3 Å². The van der Waals surface area contributed by atoms with Crippen molar-refractivity contribution in [2.75, 3.05) is 18.5 Å². The van der Waals surface area contributed by atoms with Gasteiger partial charge in [0.05, 0.1) is 13.2 Å². The smallest absolute Gasteiger partial charge is 0.123 e. The molecule has 0 atom stereocenters. The second-order valence-corrected chi connectivity index (χ2v) is 2.78. The van der Waals surface area contributed by atoms with Crippen LogP contribution in [0, 0.1) is 5.82 Å². The summed E-state index contributed by atoms with van der Waals surface area (Å²) in [5.41, 5.74) is 1.88. The van der Waals surface area contributed by atoms with Crippen LogP contribution in [-0.4, -0.2) is 13.2 Å². The van der Waals surface area contributed by atoms with Gasteiger partial charge in [0.25, 0.3) is 0 Å². The summed E-state index contributed by atoms with van der Waals surface area (Å²) in [4.78, 5) is 0. The minimum absolute atomic E-state index is 0.207. The van der Waals surface area contributed by atoms with E-state index in [1.807, 2.05) is 0 Å². The summed E-state index contributed by atoms with van der Waals surface area (Å²) < 4.78 is 18.0. The molecule has 0 unspecified atom stereocenters. The molecular formula is C9H10FNO. The number of nitrogens with one attached hydrogen (secondary N) is 1. The van der Waals surface area contributed by atoms with Crippen LogP contribution in [0.25, 0.3) is 0 Å². The van der Waals surface area contributed by atoms with E-state index in [1.54, 1.807) is 6.07 Å². The van der Waals surface area contributed by atoms with Gasteiger partial charge in [0.1, 0.15) is 5.82 Å². The summed E-state index contributed by atoms with van der Waals surface area (Å²) >= 11 is 0. The Balaban J connectivity index is 2.36. The van der Waals surface area contributed by atoms with Crippen molar-refractivity contribution in [1.82, 2.24) is 0 Å². The normalized spacial score (nSPS) is 16.1. The lowest BCUT2D eigenvalue weighted by Crippen LogP contribution is -2.04. The molecular weight excluding hydrogens is 157 g/mol. The van der Waals surface area contributed by atoms with Crippen molar-refractivity contribution in [1.29, 1.82) is 0 Å². The van der Waals surface area contributed by atoms with Gasteiger partial charge in [0, 0.05) is 17.8 Å². The predicted octanol–water partition coefficient (Wildman–Crippen LogP) is 1.77. The number of fused-ring (bicyclic) bond motifs is 1. The van der Waals surface area contributed by atoms with Gasteiger partial charge in [-0.25, -0.2) is 4.39 Å². The maximum absolute atomic E-state index is 12.7. The van der Waals surface area contributed by atoms with Crippen LogP contribution in [0.2, 0.25) is 0 Å². The standard InChI is InChI=1S/C9H10FNO/c10-8-1-2-9-7(5-8)6-12-4-3-11-9/h1-2,5,11H,3-4,6H2. The van der Waals surface area contributed by atoms with E-state index in [-0.39, 0.29) is 5.82 Å². The number of hydrogen-bond donors (Lipinski definition) is 1. The van der Waals surface area contributed by atoms with E-state index in [0.29, 0.717) is 13.2 Å². The number of benzene rings is 1. The molecule has 2 nitrogen and oxygen atoms in total. The van der Waals surface area contributed by atoms with Gasteiger partial charge >= 0.3 is 0 Å². The van der Waals surface area contributed by atoms with E-state index in [2.05, 4.69) is 5.32 Å². The molecule has 0 spiro atoms. The SMILES string of the molecule is Fc1ccc2c(c1)COCCN2. The second kappa shape index (κ2) is 3.11. The molecule has 1 heterocycles. The summed E-state index contributed by atoms with van der Waals surface area (Å²) in [6.45, 7) is 1.97. The highest BCUT2D eigenvalue weighted by Crippen LogP contribution is 2.19. The largest absolute Gasteiger partial charge is 0.382 e. The van der Waals surface area contributed by atoms with Gasteiger partial charge in [-0.1, -0.05) is 0 Å². The van der Waals surface area contributed by atoms with Crippen molar-refractivity contribution in [2.24, 2.45) is 0 Å². The first kappa shape index (κ1) is 7.55. The van der Waals surface area contributed by atoms with E-state index in [0.717, 1.165) is 17.8 Å². The first-order chi connectivity index (χ1) is 5.86. The molecule has 1 N–H and O–H groups in total. The number of rotatable bonds is 0. The Morgan fingerprint density at radius 2 is 2.33 bits per heavy atom. The van der Waals surface area contributed by atoms with Gasteiger partial charge in [0.2, 0.25) is 0 Å². The minimum atomic E-state index is -0.207. The van der Waals surface area contributed by atoms with Gasteiger partial charge in [-0.3, -0.25) is 0 Å². The fourth-order valence-corrected chi connectivity index (χ4v) is 1.29. The van der Waals surface area contributed by atoms with Crippen molar-refractivity contribution in [3.63, 3.8) is 0 Å². The molecule has 1 aliphatic rings. The van der Waals surface area contributed by atoms with Crippen LogP contribution in [0.5, 0.6) is 0 Å². The maximum Gasteiger partial charge on any atom is 0.123 e. The van der Waals surface area contributed by atoms with E-state index < -0.39 is 0 Å². The summed E-state index contributed by atoms with van der Waals surface area (Å²) in [5, 5.41) is 3.16. The highest BCUT2D eigenvalue weighted by Gasteiger charge is 2.07. The molecule has 0 saturated heterocycles. The fraction of sp³-hybridized carbons (Fsp3) is 0.333. The van der Waals surface area contributed by atoms with Crippen LogP contribution < -0.4 is 5.32 Å².